The molecule has 0 radical (unpaired) electrons. The number of piperidine rings is 1. The van der Waals surface area contributed by atoms with E-state index in [1.807, 2.05) is 25.1 Å². The fourth-order valence-electron chi connectivity index (χ4n) is 3.39. The third kappa shape index (κ3) is 6.82. The van der Waals surface area contributed by atoms with Crippen LogP contribution >= 0.6 is 0 Å². The van der Waals surface area contributed by atoms with Gasteiger partial charge in [-0.1, -0.05) is 25.1 Å². The quantitative estimate of drug-likeness (QED) is 0.628. The Kier molecular flexibility index (Phi) is 8.29. The molecule has 0 atom stereocenters. The van der Waals surface area contributed by atoms with Crippen LogP contribution in [-0.2, 0) is 9.53 Å². The lowest BCUT2D eigenvalue weighted by molar-refractivity contribution is -0.175. The molecule has 5 nitrogen and oxygen atoms in total. The number of halogens is 3. The Labute approximate surface area is 163 Å². The molecule has 0 unspecified atom stereocenters. The van der Waals surface area contributed by atoms with Gasteiger partial charge in [0.05, 0.1) is 13.0 Å². The topological polar surface area (TPSA) is 49.9 Å². The van der Waals surface area contributed by atoms with E-state index in [9.17, 15) is 22.8 Å². The Morgan fingerprint density at radius 1 is 1.18 bits per heavy atom. The van der Waals surface area contributed by atoms with Gasteiger partial charge in [0.25, 0.3) is 5.91 Å². The maximum Gasteiger partial charge on any atom is 0.411 e. The SMILES string of the molecule is CCCN(C(=O)CCOCC(F)(F)F)C1CCN(C(=O)c2ccccc2)CC1. The highest BCUT2D eigenvalue weighted by molar-refractivity contribution is 5.94. The summed E-state index contributed by atoms with van der Waals surface area (Å²) in [5.74, 6) is -0.218. The van der Waals surface area contributed by atoms with Crippen molar-refractivity contribution in [3.05, 3.63) is 35.9 Å². The van der Waals surface area contributed by atoms with Crippen molar-refractivity contribution >= 4 is 11.8 Å². The summed E-state index contributed by atoms with van der Waals surface area (Å²) in [5, 5.41) is 0. The van der Waals surface area contributed by atoms with E-state index in [0.29, 0.717) is 38.0 Å². The zero-order valence-corrected chi connectivity index (χ0v) is 16.1. The van der Waals surface area contributed by atoms with E-state index in [-0.39, 0.29) is 30.9 Å². The first kappa shape index (κ1) is 22.2. The number of hydrogen-bond donors (Lipinski definition) is 0. The molecule has 2 rings (SSSR count). The van der Waals surface area contributed by atoms with Crippen molar-refractivity contribution in [3.63, 3.8) is 0 Å². The van der Waals surface area contributed by atoms with Gasteiger partial charge in [-0.05, 0) is 31.4 Å². The molecule has 1 aliphatic rings. The number of alkyl halides is 3. The van der Waals surface area contributed by atoms with Crippen molar-refractivity contribution in [1.82, 2.24) is 9.80 Å². The normalized spacial score (nSPS) is 15.5. The van der Waals surface area contributed by atoms with E-state index in [1.165, 1.54) is 0 Å². The number of likely N-dealkylation sites (tertiary alicyclic amines) is 1. The minimum Gasteiger partial charge on any atom is -0.372 e. The van der Waals surface area contributed by atoms with E-state index >= 15 is 0 Å². The van der Waals surface area contributed by atoms with Gasteiger partial charge in [0.1, 0.15) is 6.61 Å². The summed E-state index contributed by atoms with van der Waals surface area (Å²) in [6, 6.07) is 9.06. The summed E-state index contributed by atoms with van der Waals surface area (Å²) >= 11 is 0. The summed E-state index contributed by atoms with van der Waals surface area (Å²) in [7, 11) is 0. The first-order valence-electron chi connectivity index (χ1n) is 9.60. The third-order valence-electron chi connectivity index (χ3n) is 4.72. The van der Waals surface area contributed by atoms with E-state index in [4.69, 9.17) is 0 Å². The molecule has 1 aromatic carbocycles. The molecule has 0 aliphatic carbocycles. The molecule has 1 saturated heterocycles. The summed E-state index contributed by atoms with van der Waals surface area (Å²) in [6.07, 6.45) is -2.37. The van der Waals surface area contributed by atoms with Crippen LogP contribution in [0.5, 0.6) is 0 Å². The fraction of sp³-hybridized carbons (Fsp3) is 0.600. The number of nitrogens with zero attached hydrogens (tertiary/aromatic N) is 2. The van der Waals surface area contributed by atoms with Crippen LogP contribution < -0.4 is 0 Å². The van der Waals surface area contributed by atoms with Gasteiger partial charge >= 0.3 is 6.18 Å². The molecule has 0 saturated carbocycles. The Balaban J connectivity index is 1.84. The second kappa shape index (κ2) is 10.5. The van der Waals surface area contributed by atoms with Gasteiger partial charge in [0.2, 0.25) is 5.91 Å². The van der Waals surface area contributed by atoms with E-state index in [1.54, 1.807) is 21.9 Å². The van der Waals surface area contributed by atoms with Crippen LogP contribution in [-0.4, -0.2) is 66.7 Å². The molecule has 2 amide bonds. The highest BCUT2D eigenvalue weighted by Gasteiger charge is 2.30. The van der Waals surface area contributed by atoms with Gasteiger partial charge in [-0.15, -0.1) is 0 Å². The number of benzene rings is 1. The number of carbonyl (C=O) groups excluding carboxylic acids is 2. The molecule has 1 fully saturated rings. The molecule has 8 heteroatoms. The first-order valence-corrected chi connectivity index (χ1v) is 9.60. The van der Waals surface area contributed by atoms with Crippen LogP contribution in [0, 0.1) is 0 Å². The predicted octanol–water partition coefficient (Wildman–Crippen LogP) is 3.50. The average Bonchev–Trinajstić information content (AvgIpc) is 2.69. The lowest BCUT2D eigenvalue weighted by atomic mass is 10.0. The number of ether oxygens (including phenoxy) is 1. The largest absolute Gasteiger partial charge is 0.411 e. The Morgan fingerprint density at radius 3 is 2.39 bits per heavy atom. The lowest BCUT2D eigenvalue weighted by Gasteiger charge is -2.38. The Bertz CT molecular complexity index is 629. The van der Waals surface area contributed by atoms with Gasteiger partial charge in [0.15, 0.2) is 0 Å². The average molecular weight is 400 g/mol. The Hall–Kier alpha value is -2.09. The van der Waals surface area contributed by atoms with Gasteiger partial charge in [-0.3, -0.25) is 9.59 Å². The van der Waals surface area contributed by atoms with Crippen LogP contribution in [0.4, 0.5) is 13.2 Å². The van der Waals surface area contributed by atoms with Crippen LogP contribution in [0.3, 0.4) is 0 Å². The van der Waals surface area contributed by atoms with E-state index < -0.39 is 12.8 Å². The van der Waals surface area contributed by atoms with Crippen molar-refractivity contribution in [2.24, 2.45) is 0 Å². The molecule has 28 heavy (non-hydrogen) atoms. The second-order valence-electron chi connectivity index (χ2n) is 6.89. The molecular weight excluding hydrogens is 373 g/mol. The van der Waals surface area contributed by atoms with E-state index in [0.717, 1.165) is 6.42 Å². The zero-order chi connectivity index (χ0) is 20.6. The van der Waals surface area contributed by atoms with E-state index in [2.05, 4.69) is 4.74 Å². The zero-order valence-electron chi connectivity index (χ0n) is 16.1. The fourth-order valence-corrected chi connectivity index (χ4v) is 3.39. The van der Waals surface area contributed by atoms with Crippen molar-refractivity contribution in [2.75, 3.05) is 32.8 Å². The van der Waals surface area contributed by atoms with Crippen molar-refractivity contribution in [1.29, 1.82) is 0 Å². The van der Waals surface area contributed by atoms with Gasteiger partial charge in [-0.25, -0.2) is 0 Å². The minimum atomic E-state index is -4.38. The van der Waals surface area contributed by atoms with Crippen LogP contribution in [0.2, 0.25) is 0 Å². The summed E-state index contributed by atoms with van der Waals surface area (Å²) in [4.78, 5) is 28.5. The van der Waals surface area contributed by atoms with Crippen LogP contribution in [0.1, 0.15) is 43.0 Å². The highest BCUT2D eigenvalue weighted by atomic mass is 19.4. The maximum atomic E-state index is 12.5. The van der Waals surface area contributed by atoms with Crippen LogP contribution in [0.25, 0.3) is 0 Å². The molecular formula is C20H27F3N2O3. The van der Waals surface area contributed by atoms with Crippen molar-refractivity contribution < 1.29 is 27.5 Å². The number of carbonyl (C=O) groups is 2. The first-order chi connectivity index (χ1) is 13.3. The number of hydrogen-bond acceptors (Lipinski definition) is 3. The molecule has 156 valence electrons. The van der Waals surface area contributed by atoms with Gasteiger partial charge in [0, 0.05) is 31.2 Å². The van der Waals surface area contributed by atoms with Gasteiger partial charge < -0.3 is 14.5 Å². The molecule has 1 aromatic rings. The molecule has 1 heterocycles. The number of rotatable bonds is 8. The molecule has 0 spiro atoms. The standard InChI is InChI=1S/C20H27F3N2O3/c1-2-11-25(18(26)10-14-28-15-20(21,22)23)17-8-12-24(13-9-17)19(27)16-6-4-3-5-7-16/h3-7,17H,2,8-15H2,1H3. The summed E-state index contributed by atoms with van der Waals surface area (Å²) in [6.45, 7) is 2.02. The maximum absolute atomic E-state index is 12.5. The second-order valence-corrected chi connectivity index (χ2v) is 6.89. The van der Waals surface area contributed by atoms with Crippen molar-refractivity contribution in [3.8, 4) is 0 Å². The highest BCUT2D eigenvalue weighted by Crippen LogP contribution is 2.20. The molecule has 0 aromatic heterocycles. The number of amides is 2. The lowest BCUT2D eigenvalue weighted by Crippen LogP contribution is -2.49. The summed E-state index contributed by atoms with van der Waals surface area (Å²) < 4.78 is 40.9. The van der Waals surface area contributed by atoms with Gasteiger partial charge in [-0.2, -0.15) is 13.2 Å². The Morgan fingerprint density at radius 2 is 1.82 bits per heavy atom. The van der Waals surface area contributed by atoms with Crippen LogP contribution in [0.15, 0.2) is 30.3 Å². The monoisotopic (exact) mass is 400 g/mol. The molecule has 1 aliphatic heterocycles. The minimum absolute atomic E-state index is 0.00473. The summed E-state index contributed by atoms with van der Waals surface area (Å²) in [5.41, 5.74) is 0.643. The molecule has 0 N–H and O–H groups in total. The predicted molar refractivity (Wildman–Crippen MR) is 98.9 cm³/mol. The van der Waals surface area contributed by atoms with Crippen molar-refractivity contribution in [2.45, 2.75) is 44.8 Å². The third-order valence-corrected chi connectivity index (χ3v) is 4.72. The molecule has 0 bridgehead atoms. The smallest absolute Gasteiger partial charge is 0.372 e.